The van der Waals surface area contributed by atoms with E-state index in [9.17, 15) is 4.79 Å². The summed E-state index contributed by atoms with van der Waals surface area (Å²) in [5.41, 5.74) is 11.1. The maximum Gasteiger partial charge on any atom is 0.194 e. The second-order valence-corrected chi connectivity index (χ2v) is 11.8. The number of hydrogen-bond donors (Lipinski definition) is 0. The van der Waals surface area contributed by atoms with Gasteiger partial charge in [0.25, 0.3) is 0 Å². The van der Waals surface area contributed by atoms with Crippen molar-refractivity contribution in [2.45, 2.75) is 5.41 Å². The van der Waals surface area contributed by atoms with Gasteiger partial charge in [-0.05, 0) is 62.7 Å². The summed E-state index contributed by atoms with van der Waals surface area (Å²) >= 11 is 1.71. The third-order valence-corrected chi connectivity index (χ3v) is 10.1. The van der Waals surface area contributed by atoms with Gasteiger partial charge < -0.3 is 0 Å². The summed E-state index contributed by atoms with van der Waals surface area (Å²) in [4.78, 5) is 14.3. The summed E-state index contributed by atoms with van der Waals surface area (Å²) in [7, 11) is 0. The first-order valence-corrected chi connectivity index (χ1v) is 14.5. The van der Waals surface area contributed by atoms with Crippen molar-refractivity contribution in [3.05, 3.63) is 167 Å². The Morgan fingerprint density at radius 3 is 1.73 bits per heavy atom. The van der Waals surface area contributed by atoms with Gasteiger partial charge in [0.2, 0.25) is 0 Å². The molecular weight excluding hydrogens is 504 g/mol. The Labute approximate surface area is 236 Å². The second-order valence-electron chi connectivity index (χ2n) is 10.8. The molecule has 0 unspecified atom stereocenters. The van der Waals surface area contributed by atoms with E-state index in [1.807, 2.05) is 18.2 Å². The Balaban J connectivity index is 1.32. The van der Waals surface area contributed by atoms with Crippen LogP contribution in [0.3, 0.4) is 0 Å². The van der Waals surface area contributed by atoms with Crippen molar-refractivity contribution in [1.82, 2.24) is 0 Å². The van der Waals surface area contributed by atoms with Crippen molar-refractivity contribution in [3.63, 3.8) is 0 Å². The summed E-state index contributed by atoms with van der Waals surface area (Å²) in [6.45, 7) is 0. The number of hydrogen-bond acceptors (Lipinski definition) is 2. The van der Waals surface area contributed by atoms with Gasteiger partial charge in [0.05, 0.1) is 5.41 Å². The van der Waals surface area contributed by atoms with E-state index >= 15 is 0 Å². The zero-order chi connectivity index (χ0) is 26.4. The van der Waals surface area contributed by atoms with Crippen LogP contribution in [0.4, 0.5) is 0 Å². The molecular formula is C38H22OS. The number of carbonyl (C=O) groups excluding carboxylic acids is 1. The lowest BCUT2D eigenvalue weighted by atomic mass is 9.70. The van der Waals surface area contributed by atoms with Gasteiger partial charge in [-0.15, -0.1) is 11.3 Å². The van der Waals surface area contributed by atoms with Crippen LogP contribution < -0.4 is 0 Å². The Morgan fingerprint density at radius 2 is 1.05 bits per heavy atom. The van der Waals surface area contributed by atoms with Crippen LogP contribution in [-0.2, 0) is 5.41 Å². The highest BCUT2D eigenvalue weighted by Gasteiger charge is 2.51. The zero-order valence-electron chi connectivity index (χ0n) is 21.5. The highest BCUT2D eigenvalue weighted by molar-refractivity contribution is 7.26. The molecule has 1 aromatic heterocycles. The third kappa shape index (κ3) is 2.64. The topological polar surface area (TPSA) is 17.1 Å². The zero-order valence-corrected chi connectivity index (χ0v) is 22.3. The Kier molecular flexibility index (Phi) is 4.35. The van der Waals surface area contributed by atoms with E-state index in [2.05, 4.69) is 115 Å². The Bertz CT molecular complexity index is 2130. The minimum absolute atomic E-state index is 0.0747. The number of rotatable bonds is 2. The maximum atomic E-state index is 14.3. The summed E-state index contributed by atoms with van der Waals surface area (Å²) in [6.07, 6.45) is 0. The average Bonchev–Trinajstić information content (AvgIpc) is 3.64. The molecule has 6 aromatic carbocycles. The molecule has 1 nitrogen and oxygen atoms in total. The van der Waals surface area contributed by atoms with Crippen LogP contribution in [0.5, 0.6) is 0 Å². The molecule has 0 saturated heterocycles. The standard InChI is InChI=1S/C38H22OS/c39-36(30-15-9-14-29-28-13-4-8-19-35(28)40-37(29)30)23-20-21-27-26-12-3-7-18-33(26)38(34(27)22-23)31-16-5-1-10-24(31)25-11-2-6-17-32(25)38/h1-22H. The molecule has 2 heteroatoms. The third-order valence-electron chi connectivity index (χ3n) is 8.91. The van der Waals surface area contributed by atoms with E-state index in [0.29, 0.717) is 0 Å². The maximum absolute atomic E-state index is 14.3. The molecule has 0 N–H and O–H groups in total. The molecule has 0 bridgehead atoms. The lowest BCUT2D eigenvalue weighted by Gasteiger charge is -2.30. The van der Waals surface area contributed by atoms with Gasteiger partial charge in [-0.25, -0.2) is 0 Å². The van der Waals surface area contributed by atoms with Gasteiger partial charge in [0.15, 0.2) is 5.78 Å². The lowest BCUT2D eigenvalue weighted by Crippen LogP contribution is -2.26. The Morgan fingerprint density at radius 1 is 0.500 bits per heavy atom. The predicted octanol–water partition coefficient (Wildman–Crippen LogP) is 9.63. The SMILES string of the molecule is O=C(c1ccc2c(c1)C1(c3ccccc3-c3ccccc31)c1ccccc1-2)c1cccc2c1sc1ccccc12. The Hall–Kier alpha value is -4.79. The normalized spacial score (nSPS) is 13.8. The second kappa shape index (κ2) is 7.88. The van der Waals surface area contributed by atoms with E-state index in [-0.39, 0.29) is 5.78 Å². The largest absolute Gasteiger partial charge is 0.289 e. The summed E-state index contributed by atoms with van der Waals surface area (Å²) in [6, 6.07) is 47.2. The number of carbonyl (C=O) groups is 1. The van der Waals surface area contributed by atoms with Crippen molar-refractivity contribution < 1.29 is 4.79 Å². The molecule has 1 spiro atoms. The first-order chi connectivity index (χ1) is 19.8. The molecule has 2 aliphatic carbocycles. The van der Waals surface area contributed by atoms with Crippen molar-refractivity contribution in [2.75, 3.05) is 0 Å². The number of thiophene rings is 1. The molecule has 0 amide bonds. The molecule has 0 saturated carbocycles. The molecule has 0 aliphatic heterocycles. The van der Waals surface area contributed by atoms with E-state index in [4.69, 9.17) is 0 Å². The van der Waals surface area contributed by atoms with E-state index < -0.39 is 5.41 Å². The van der Waals surface area contributed by atoms with Crippen molar-refractivity contribution >= 4 is 37.3 Å². The number of benzene rings is 6. The highest BCUT2D eigenvalue weighted by Crippen LogP contribution is 2.62. The van der Waals surface area contributed by atoms with Crippen LogP contribution >= 0.6 is 11.3 Å². The fourth-order valence-corrected chi connectivity index (χ4v) is 8.53. The summed E-state index contributed by atoms with van der Waals surface area (Å²) in [5, 5.41) is 2.36. The van der Waals surface area contributed by atoms with Gasteiger partial charge in [-0.3, -0.25) is 4.79 Å². The summed E-state index contributed by atoms with van der Waals surface area (Å²) < 4.78 is 2.27. The lowest BCUT2D eigenvalue weighted by molar-refractivity contribution is 0.104. The van der Waals surface area contributed by atoms with Crippen molar-refractivity contribution in [3.8, 4) is 22.3 Å². The van der Waals surface area contributed by atoms with Gasteiger partial charge in [0.1, 0.15) is 0 Å². The number of ketones is 1. The van der Waals surface area contributed by atoms with Crippen molar-refractivity contribution in [2.24, 2.45) is 0 Å². The molecule has 186 valence electrons. The molecule has 1 heterocycles. The molecule has 9 rings (SSSR count). The fourth-order valence-electron chi connectivity index (χ4n) is 7.32. The smallest absolute Gasteiger partial charge is 0.194 e. The van der Waals surface area contributed by atoms with Crippen molar-refractivity contribution in [1.29, 1.82) is 0 Å². The quantitative estimate of drug-likeness (QED) is 0.205. The molecule has 0 radical (unpaired) electrons. The molecule has 0 fully saturated rings. The van der Waals surface area contributed by atoms with Gasteiger partial charge >= 0.3 is 0 Å². The van der Waals surface area contributed by atoms with Gasteiger partial charge in [-0.1, -0.05) is 115 Å². The average molecular weight is 527 g/mol. The van der Waals surface area contributed by atoms with Gasteiger partial charge in [-0.2, -0.15) is 0 Å². The minimum atomic E-state index is -0.445. The summed E-state index contributed by atoms with van der Waals surface area (Å²) in [5.74, 6) is 0.0747. The number of fused-ring (bicyclic) bond motifs is 13. The van der Waals surface area contributed by atoms with Crippen LogP contribution in [0, 0.1) is 0 Å². The van der Waals surface area contributed by atoms with Gasteiger partial charge in [0, 0.05) is 31.3 Å². The molecule has 0 atom stereocenters. The van der Waals surface area contributed by atoms with E-state index in [1.54, 1.807) is 11.3 Å². The first kappa shape index (κ1) is 22.1. The molecule has 7 aromatic rings. The minimum Gasteiger partial charge on any atom is -0.289 e. The predicted molar refractivity (Wildman–Crippen MR) is 166 cm³/mol. The van der Waals surface area contributed by atoms with Crippen LogP contribution in [-0.4, -0.2) is 5.78 Å². The van der Waals surface area contributed by atoms with Crippen LogP contribution in [0.15, 0.2) is 133 Å². The molecule has 2 aliphatic rings. The first-order valence-electron chi connectivity index (χ1n) is 13.7. The van der Waals surface area contributed by atoms with E-state index in [1.165, 1.54) is 54.6 Å². The van der Waals surface area contributed by atoms with Crippen LogP contribution in [0.2, 0.25) is 0 Å². The molecule has 40 heavy (non-hydrogen) atoms. The van der Waals surface area contributed by atoms with E-state index in [0.717, 1.165) is 21.2 Å². The monoisotopic (exact) mass is 526 g/mol. The highest BCUT2D eigenvalue weighted by atomic mass is 32.1. The fraction of sp³-hybridized carbons (Fsp3) is 0.0263. The van der Waals surface area contributed by atoms with Crippen LogP contribution in [0.25, 0.3) is 42.4 Å². The van der Waals surface area contributed by atoms with Crippen LogP contribution in [0.1, 0.15) is 38.2 Å².